The maximum atomic E-state index is 13.8. The van der Waals surface area contributed by atoms with Crippen LogP contribution in [0.4, 0.5) is 0 Å². The van der Waals surface area contributed by atoms with E-state index in [1.165, 1.54) is 14.2 Å². The minimum atomic E-state index is -0.250. The van der Waals surface area contributed by atoms with Crippen LogP contribution >= 0.6 is 0 Å². The summed E-state index contributed by atoms with van der Waals surface area (Å²) in [5.41, 5.74) is 2.18. The van der Waals surface area contributed by atoms with Gasteiger partial charge in [0.1, 0.15) is 0 Å². The fourth-order valence-corrected chi connectivity index (χ4v) is 4.66. The molecule has 3 aromatic rings. The van der Waals surface area contributed by atoms with Crippen LogP contribution in [-0.4, -0.2) is 72.5 Å². The first kappa shape index (κ1) is 23.0. The summed E-state index contributed by atoms with van der Waals surface area (Å²) in [6.07, 6.45) is 0.598. The third-order valence-corrected chi connectivity index (χ3v) is 6.12. The minimum absolute atomic E-state index is 0.00973. The van der Waals surface area contributed by atoms with Gasteiger partial charge in [0.05, 0.1) is 44.1 Å². The van der Waals surface area contributed by atoms with E-state index < -0.39 is 0 Å². The predicted octanol–water partition coefficient (Wildman–Crippen LogP) is 1.91. The highest BCUT2D eigenvalue weighted by Gasteiger charge is 2.33. The molecule has 0 atom stereocenters. The molecule has 2 N–H and O–H groups in total. The molecule has 33 heavy (non-hydrogen) atoms. The van der Waals surface area contributed by atoms with E-state index in [-0.39, 0.29) is 24.6 Å². The molecule has 0 unspecified atom stereocenters. The number of aromatic nitrogens is 1. The van der Waals surface area contributed by atoms with E-state index in [2.05, 4.69) is 0 Å². The van der Waals surface area contributed by atoms with Crippen molar-refractivity contribution in [3.63, 3.8) is 0 Å². The van der Waals surface area contributed by atoms with Crippen molar-refractivity contribution in [1.29, 1.82) is 0 Å². The van der Waals surface area contributed by atoms with Crippen LogP contribution in [0.25, 0.3) is 22.0 Å². The molecular formula is C25H28N2O6. The quantitative estimate of drug-likeness (QED) is 0.379. The summed E-state index contributed by atoms with van der Waals surface area (Å²) in [6, 6.07) is 10.8. The van der Waals surface area contributed by atoms with Crippen LogP contribution in [0.3, 0.4) is 0 Å². The molecule has 0 fully saturated rings. The number of hydrogen-bond acceptors (Lipinski definition) is 7. The first-order valence-corrected chi connectivity index (χ1v) is 11.0. The van der Waals surface area contributed by atoms with Crippen LogP contribution in [0, 0.1) is 0 Å². The zero-order valence-electron chi connectivity index (χ0n) is 18.8. The van der Waals surface area contributed by atoms with Gasteiger partial charge in [-0.3, -0.25) is 14.5 Å². The molecule has 8 heteroatoms. The Bertz CT molecular complexity index is 1240. The summed E-state index contributed by atoms with van der Waals surface area (Å²) < 4.78 is 12.6. The molecule has 0 bridgehead atoms. The van der Waals surface area contributed by atoms with E-state index in [1.807, 2.05) is 23.1 Å². The molecule has 0 aliphatic heterocycles. The third kappa shape index (κ3) is 3.90. The van der Waals surface area contributed by atoms with Gasteiger partial charge in [-0.25, -0.2) is 0 Å². The molecule has 1 aromatic heterocycles. The van der Waals surface area contributed by atoms with Gasteiger partial charge in [0, 0.05) is 42.7 Å². The van der Waals surface area contributed by atoms with Crippen molar-refractivity contribution in [3.05, 3.63) is 57.9 Å². The number of aliphatic hydroxyl groups excluding tert-OH is 2. The first-order valence-electron chi connectivity index (χ1n) is 11.0. The number of fused-ring (bicyclic) bond motifs is 5. The summed E-state index contributed by atoms with van der Waals surface area (Å²) in [5, 5.41) is 19.4. The van der Waals surface area contributed by atoms with Crippen LogP contribution in [0.15, 0.2) is 41.2 Å². The second-order valence-corrected chi connectivity index (χ2v) is 7.92. The summed E-state index contributed by atoms with van der Waals surface area (Å²) in [5.74, 6) is 0.616. The van der Waals surface area contributed by atoms with Crippen molar-refractivity contribution in [1.82, 2.24) is 9.47 Å². The smallest absolute Gasteiger partial charge is 0.262 e. The molecule has 174 valence electrons. The van der Waals surface area contributed by atoms with Crippen molar-refractivity contribution in [2.24, 2.45) is 0 Å². The molecule has 1 heterocycles. The summed E-state index contributed by atoms with van der Waals surface area (Å²) in [6.45, 7) is 1.82. The lowest BCUT2D eigenvalue weighted by Gasteiger charge is -2.21. The van der Waals surface area contributed by atoms with Crippen molar-refractivity contribution >= 4 is 16.6 Å². The van der Waals surface area contributed by atoms with E-state index >= 15 is 0 Å². The van der Waals surface area contributed by atoms with Gasteiger partial charge in [-0.1, -0.05) is 24.3 Å². The summed E-state index contributed by atoms with van der Waals surface area (Å²) in [7, 11) is 2.99. The van der Waals surface area contributed by atoms with Crippen LogP contribution in [-0.2, 0) is 6.54 Å². The van der Waals surface area contributed by atoms with Gasteiger partial charge >= 0.3 is 0 Å². The highest BCUT2D eigenvalue weighted by Crippen LogP contribution is 2.43. The Morgan fingerprint density at radius 1 is 0.909 bits per heavy atom. The number of aliphatic hydroxyl groups is 2. The van der Waals surface area contributed by atoms with E-state index in [0.717, 1.165) is 5.56 Å². The fraction of sp³-hybridized carbons (Fsp3) is 0.360. The Hall–Kier alpha value is -3.20. The van der Waals surface area contributed by atoms with Gasteiger partial charge in [0.2, 0.25) is 0 Å². The minimum Gasteiger partial charge on any atom is -0.493 e. The van der Waals surface area contributed by atoms with Gasteiger partial charge in [-0.05, 0) is 18.6 Å². The molecule has 0 saturated heterocycles. The van der Waals surface area contributed by atoms with Gasteiger partial charge < -0.3 is 24.3 Å². The number of hydrogen-bond donors (Lipinski definition) is 2. The fourth-order valence-electron chi connectivity index (χ4n) is 4.66. The lowest BCUT2D eigenvalue weighted by atomic mass is 10.0. The standard InChI is InChI=1S/C25H28N2O6/c1-32-19-9-8-18-20-22(16-6-3-4-7-17(16)23(20)30)27(25(31)21(18)24(19)33-2)11-5-10-26(12-14-28)13-15-29/h3-4,6-9,28-29H,5,10-15H2,1-2H3. The monoisotopic (exact) mass is 452 g/mol. The first-order chi connectivity index (χ1) is 16.1. The number of ketones is 1. The van der Waals surface area contributed by atoms with Crippen molar-refractivity contribution in [2.75, 3.05) is 47.1 Å². The molecule has 8 nitrogen and oxygen atoms in total. The van der Waals surface area contributed by atoms with Crippen LogP contribution in [0.2, 0.25) is 0 Å². The number of nitrogens with zero attached hydrogens (tertiary/aromatic N) is 2. The molecule has 0 saturated carbocycles. The number of methoxy groups -OCH3 is 2. The van der Waals surface area contributed by atoms with Gasteiger partial charge in [-0.15, -0.1) is 0 Å². The SMILES string of the molecule is COc1ccc2c3c(n(CCCN(CCO)CCO)c(=O)c2c1OC)-c1ccccc1C3=O. The van der Waals surface area contributed by atoms with Gasteiger partial charge in [0.15, 0.2) is 17.3 Å². The average Bonchev–Trinajstić information content (AvgIpc) is 3.13. The zero-order chi connectivity index (χ0) is 23.5. The van der Waals surface area contributed by atoms with Crippen LogP contribution in [0.5, 0.6) is 11.5 Å². The van der Waals surface area contributed by atoms with Gasteiger partial charge in [-0.2, -0.15) is 0 Å². The van der Waals surface area contributed by atoms with E-state index in [0.29, 0.717) is 71.7 Å². The Labute approximate surface area is 191 Å². The van der Waals surface area contributed by atoms with E-state index in [1.54, 1.807) is 22.8 Å². The third-order valence-electron chi connectivity index (χ3n) is 6.12. The number of ether oxygens (including phenoxy) is 2. The maximum absolute atomic E-state index is 13.8. The Kier molecular flexibility index (Phi) is 6.78. The highest BCUT2D eigenvalue weighted by atomic mass is 16.5. The van der Waals surface area contributed by atoms with E-state index in [4.69, 9.17) is 9.47 Å². The zero-order valence-corrected chi connectivity index (χ0v) is 18.8. The number of carbonyl (C=O) groups is 1. The topological polar surface area (TPSA) is 101 Å². The average molecular weight is 453 g/mol. The normalized spacial score (nSPS) is 12.3. The van der Waals surface area contributed by atoms with Gasteiger partial charge in [0.25, 0.3) is 5.56 Å². The summed E-state index contributed by atoms with van der Waals surface area (Å²) >= 11 is 0. The molecule has 1 aliphatic rings. The molecule has 1 aliphatic carbocycles. The number of carbonyl (C=O) groups excluding carboxylic acids is 1. The molecular weight excluding hydrogens is 424 g/mol. The Morgan fingerprint density at radius 3 is 2.24 bits per heavy atom. The highest BCUT2D eigenvalue weighted by molar-refractivity contribution is 6.27. The second-order valence-electron chi connectivity index (χ2n) is 7.92. The molecule has 0 radical (unpaired) electrons. The lowest BCUT2D eigenvalue weighted by Crippen LogP contribution is -2.32. The number of rotatable bonds is 10. The lowest BCUT2D eigenvalue weighted by molar-refractivity contribution is 0.104. The largest absolute Gasteiger partial charge is 0.493 e. The molecule has 0 amide bonds. The molecule has 4 rings (SSSR count). The Morgan fingerprint density at radius 2 is 1.61 bits per heavy atom. The van der Waals surface area contributed by atoms with Crippen LogP contribution in [0.1, 0.15) is 22.3 Å². The van der Waals surface area contributed by atoms with E-state index in [9.17, 15) is 19.8 Å². The van der Waals surface area contributed by atoms with Crippen LogP contribution < -0.4 is 15.0 Å². The van der Waals surface area contributed by atoms with Crippen molar-refractivity contribution in [3.8, 4) is 22.8 Å². The second kappa shape index (κ2) is 9.74. The molecule has 2 aromatic carbocycles. The molecule has 0 spiro atoms. The predicted molar refractivity (Wildman–Crippen MR) is 125 cm³/mol. The maximum Gasteiger partial charge on any atom is 0.262 e. The number of benzene rings is 2. The van der Waals surface area contributed by atoms with Crippen molar-refractivity contribution in [2.45, 2.75) is 13.0 Å². The number of pyridine rings is 1. The summed E-state index contributed by atoms with van der Waals surface area (Å²) in [4.78, 5) is 29.2. The Balaban J connectivity index is 1.89. The van der Waals surface area contributed by atoms with Crippen molar-refractivity contribution < 1.29 is 24.5 Å².